The third-order valence-corrected chi connectivity index (χ3v) is 3.43. The Morgan fingerprint density at radius 2 is 2.32 bits per heavy atom. The molecule has 0 N–H and O–H groups in total. The zero-order valence-corrected chi connectivity index (χ0v) is 11.9. The van der Waals surface area contributed by atoms with Crippen LogP contribution in [-0.4, -0.2) is 21.2 Å². The molecule has 102 valence electrons. The first-order valence-electron chi connectivity index (χ1n) is 6.05. The van der Waals surface area contributed by atoms with Gasteiger partial charge in [-0.1, -0.05) is 6.92 Å². The summed E-state index contributed by atoms with van der Waals surface area (Å²) in [6, 6.07) is 0. The second-order valence-corrected chi connectivity index (χ2v) is 5.19. The molecule has 0 saturated heterocycles. The van der Waals surface area contributed by atoms with E-state index in [2.05, 4.69) is 22.1 Å². The predicted octanol–water partition coefficient (Wildman–Crippen LogP) is 2.71. The predicted molar refractivity (Wildman–Crippen MR) is 69.0 cm³/mol. The second kappa shape index (κ2) is 5.92. The van der Waals surface area contributed by atoms with E-state index in [0.717, 1.165) is 17.8 Å². The van der Waals surface area contributed by atoms with Crippen LogP contribution in [0.1, 0.15) is 52.8 Å². The first-order valence-corrected chi connectivity index (χ1v) is 6.87. The molecule has 19 heavy (non-hydrogen) atoms. The van der Waals surface area contributed by atoms with Crippen LogP contribution in [-0.2, 0) is 11.2 Å². The Morgan fingerprint density at radius 1 is 1.53 bits per heavy atom. The van der Waals surface area contributed by atoms with Gasteiger partial charge >= 0.3 is 5.97 Å². The fourth-order valence-corrected chi connectivity index (χ4v) is 2.38. The van der Waals surface area contributed by atoms with Crippen LogP contribution >= 0.6 is 11.3 Å². The van der Waals surface area contributed by atoms with Crippen LogP contribution in [0.15, 0.2) is 10.6 Å². The summed E-state index contributed by atoms with van der Waals surface area (Å²) in [6.45, 7) is 5.45. The highest BCUT2D eigenvalue weighted by Gasteiger charge is 2.20. The van der Waals surface area contributed by atoms with E-state index in [4.69, 9.17) is 9.15 Å². The van der Waals surface area contributed by atoms with E-state index in [1.54, 1.807) is 20.0 Å². The SMILES string of the molecule is CCCc1ncc(C(=O)O[C@H](C)c2nnc(C)o2)s1. The standard InChI is InChI=1S/C12H15N3O3S/c1-4-5-10-13-6-9(19-10)12(16)17-7(2)11-15-14-8(3)18-11/h6-7H,4-5H2,1-3H3/t7-/m1/s1. The lowest BCUT2D eigenvalue weighted by Crippen LogP contribution is -2.08. The summed E-state index contributed by atoms with van der Waals surface area (Å²) in [5, 5.41) is 8.46. The number of carbonyl (C=O) groups is 1. The average Bonchev–Trinajstić information content (AvgIpc) is 2.98. The maximum Gasteiger partial charge on any atom is 0.350 e. The van der Waals surface area contributed by atoms with E-state index in [-0.39, 0.29) is 0 Å². The maximum atomic E-state index is 11.9. The molecule has 2 heterocycles. The topological polar surface area (TPSA) is 78.1 Å². The number of hydrogen-bond donors (Lipinski definition) is 0. The summed E-state index contributed by atoms with van der Waals surface area (Å²) in [7, 11) is 0. The van der Waals surface area contributed by atoms with Gasteiger partial charge in [0.1, 0.15) is 4.88 Å². The average molecular weight is 281 g/mol. The summed E-state index contributed by atoms with van der Waals surface area (Å²) >= 11 is 1.36. The first kappa shape index (κ1) is 13.7. The number of aromatic nitrogens is 3. The van der Waals surface area contributed by atoms with Crippen LogP contribution in [0, 0.1) is 6.92 Å². The van der Waals surface area contributed by atoms with Crippen LogP contribution in [0.4, 0.5) is 0 Å². The molecule has 0 amide bonds. The number of ether oxygens (including phenoxy) is 1. The molecule has 0 unspecified atom stereocenters. The van der Waals surface area contributed by atoms with Crippen LogP contribution in [0.25, 0.3) is 0 Å². The van der Waals surface area contributed by atoms with Gasteiger partial charge in [0.05, 0.1) is 11.2 Å². The lowest BCUT2D eigenvalue weighted by atomic mass is 10.4. The smallest absolute Gasteiger partial charge is 0.350 e. The van der Waals surface area contributed by atoms with Crippen molar-refractivity contribution in [3.05, 3.63) is 27.9 Å². The van der Waals surface area contributed by atoms with Gasteiger partial charge in [0, 0.05) is 6.92 Å². The molecule has 0 bridgehead atoms. The van der Waals surface area contributed by atoms with Crippen LogP contribution < -0.4 is 0 Å². The second-order valence-electron chi connectivity index (χ2n) is 4.08. The Labute approximate surface area is 114 Å². The highest BCUT2D eigenvalue weighted by molar-refractivity contribution is 7.13. The van der Waals surface area contributed by atoms with E-state index in [9.17, 15) is 4.79 Å². The molecule has 2 rings (SSSR count). The molecule has 0 spiro atoms. The lowest BCUT2D eigenvalue weighted by Gasteiger charge is -2.07. The Kier molecular flexibility index (Phi) is 4.26. The van der Waals surface area contributed by atoms with E-state index >= 15 is 0 Å². The number of carbonyl (C=O) groups excluding carboxylic acids is 1. The number of hydrogen-bond acceptors (Lipinski definition) is 7. The zero-order chi connectivity index (χ0) is 13.8. The highest BCUT2D eigenvalue weighted by Crippen LogP contribution is 2.20. The Hall–Kier alpha value is -1.76. The number of rotatable bonds is 5. The van der Waals surface area contributed by atoms with E-state index in [1.165, 1.54) is 11.3 Å². The molecule has 0 aromatic carbocycles. The molecule has 0 aliphatic carbocycles. The fraction of sp³-hybridized carbons (Fsp3) is 0.500. The summed E-state index contributed by atoms with van der Waals surface area (Å²) in [6.07, 6.45) is 2.85. The van der Waals surface area contributed by atoms with Gasteiger partial charge in [-0.3, -0.25) is 0 Å². The first-order chi connectivity index (χ1) is 9.10. The zero-order valence-electron chi connectivity index (χ0n) is 11.0. The van der Waals surface area contributed by atoms with Gasteiger partial charge in [0.2, 0.25) is 5.89 Å². The van der Waals surface area contributed by atoms with Gasteiger partial charge < -0.3 is 9.15 Å². The molecule has 6 nitrogen and oxygen atoms in total. The van der Waals surface area contributed by atoms with Crippen molar-refractivity contribution >= 4 is 17.3 Å². The largest absolute Gasteiger partial charge is 0.448 e. The molecule has 2 aromatic rings. The molecule has 2 aromatic heterocycles. The minimum atomic E-state index is -0.564. The maximum absolute atomic E-state index is 11.9. The van der Waals surface area contributed by atoms with Crippen molar-refractivity contribution in [2.75, 3.05) is 0 Å². The quantitative estimate of drug-likeness (QED) is 0.784. The third-order valence-electron chi connectivity index (χ3n) is 2.39. The normalized spacial score (nSPS) is 12.4. The van der Waals surface area contributed by atoms with Gasteiger partial charge in [-0.05, 0) is 19.8 Å². The van der Waals surface area contributed by atoms with Crippen molar-refractivity contribution in [1.29, 1.82) is 0 Å². The van der Waals surface area contributed by atoms with Gasteiger partial charge in [-0.15, -0.1) is 21.5 Å². The molecule has 0 radical (unpaired) electrons. The molecule has 0 saturated carbocycles. The molecular formula is C12H15N3O3S. The highest BCUT2D eigenvalue weighted by atomic mass is 32.1. The molecule has 0 aliphatic rings. The van der Waals surface area contributed by atoms with Crippen molar-refractivity contribution < 1.29 is 13.9 Å². The molecule has 0 fully saturated rings. The number of thiazole rings is 1. The minimum absolute atomic E-state index is 0.296. The van der Waals surface area contributed by atoms with Crippen molar-refractivity contribution in [2.24, 2.45) is 0 Å². The number of esters is 1. The molecule has 1 atom stereocenters. The summed E-state index contributed by atoms with van der Waals surface area (Å²) in [5.41, 5.74) is 0. The molecule has 0 aliphatic heterocycles. The van der Waals surface area contributed by atoms with E-state index in [0.29, 0.717) is 16.7 Å². The van der Waals surface area contributed by atoms with Gasteiger partial charge in [0.25, 0.3) is 5.89 Å². The monoisotopic (exact) mass is 281 g/mol. The molecule has 7 heteroatoms. The Balaban J connectivity index is 1.99. The Morgan fingerprint density at radius 3 is 2.95 bits per heavy atom. The van der Waals surface area contributed by atoms with Crippen LogP contribution in [0.2, 0.25) is 0 Å². The lowest BCUT2D eigenvalue weighted by molar-refractivity contribution is 0.0282. The summed E-state index contributed by atoms with van der Waals surface area (Å²) in [4.78, 5) is 16.6. The Bertz CT molecular complexity index is 564. The third kappa shape index (κ3) is 3.37. The minimum Gasteiger partial charge on any atom is -0.448 e. The molecular weight excluding hydrogens is 266 g/mol. The van der Waals surface area contributed by atoms with Crippen LogP contribution in [0.5, 0.6) is 0 Å². The van der Waals surface area contributed by atoms with E-state index < -0.39 is 12.1 Å². The van der Waals surface area contributed by atoms with Crippen molar-refractivity contribution in [2.45, 2.75) is 39.7 Å². The van der Waals surface area contributed by atoms with Crippen molar-refractivity contribution in [1.82, 2.24) is 15.2 Å². The summed E-state index contributed by atoms with van der Waals surface area (Å²) < 4.78 is 10.5. The van der Waals surface area contributed by atoms with Gasteiger partial charge in [-0.25, -0.2) is 9.78 Å². The van der Waals surface area contributed by atoms with Crippen LogP contribution in [0.3, 0.4) is 0 Å². The van der Waals surface area contributed by atoms with Gasteiger partial charge in [-0.2, -0.15) is 0 Å². The number of nitrogens with zero attached hydrogens (tertiary/aromatic N) is 3. The van der Waals surface area contributed by atoms with Crippen molar-refractivity contribution in [3.63, 3.8) is 0 Å². The van der Waals surface area contributed by atoms with Gasteiger partial charge in [0.15, 0.2) is 6.10 Å². The summed E-state index contributed by atoms with van der Waals surface area (Å²) in [5.74, 6) is 0.327. The fourth-order valence-electron chi connectivity index (χ4n) is 1.48. The van der Waals surface area contributed by atoms with E-state index in [1.807, 2.05) is 0 Å². The van der Waals surface area contributed by atoms with Crippen molar-refractivity contribution in [3.8, 4) is 0 Å². The number of aryl methyl sites for hydroxylation is 2.